The molecule has 2 aromatic rings. The van der Waals surface area contributed by atoms with Gasteiger partial charge < -0.3 is 20.1 Å². The monoisotopic (exact) mass is 342 g/mol. The second kappa shape index (κ2) is 9.57. The van der Waals surface area contributed by atoms with Crippen molar-refractivity contribution in [2.75, 3.05) is 30.9 Å². The predicted molar refractivity (Wildman–Crippen MR) is 102 cm³/mol. The summed E-state index contributed by atoms with van der Waals surface area (Å²) in [6.07, 6.45) is 1.00. The molecule has 0 aliphatic rings. The molecule has 0 atom stereocenters. The third-order valence-electron chi connectivity index (χ3n) is 3.60. The fraction of sp³-hybridized carbons (Fsp3) is 0.350. The van der Waals surface area contributed by atoms with E-state index in [1.807, 2.05) is 48.5 Å². The number of methoxy groups -OCH3 is 1. The molecule has 134 valence electrons. The van der Waals surface area contributed by atoms with E-state index in [1.165, 1.54) is 0 Å². The van der Waals surface area contributed by atoms with Gasteiger partial charge >= 0.3 is 0 Å². The molecular formula is C20H26N2O3. The fourth-order valence-electron chi connectivity index (χ4n) is 2.20. The van der Waals surface area contributed by atoms with Gasteiger partial charge in [0.1, 0.15) is 11.5 Å². The number of nitrogens with one attached hydrogen (secondary N) is 2. The van der Waals surface area contributed by atoms with E-state index in [0.29, 0.717) is 12.5 Å². The summed E-state index contributed by atoms with van der Waals surface area (Å²) >= 11 is 0. The largest absolute Gasteiger partial charge is 0.497 e. The van der Waals surface area contributed by atoms with Crippen molar-refractivity contribution < 1.29 is 14.3 Å². The van der Waals surface area contributed by atoms with Gasteiger partial charge in [-0.3, -0.25) is 4.79 Å². The molecule has 1 amide bonds. The first-order chi connectivity index (χ1) is 12.1. The van der Waals surface area contributed by atoms with E-state index in [1.54, 1.807) is 7.11 Å². The van der Waals surface area contributed by atoms with Crippen molar-refractivity contribution >= 4 is 17.3 Å². The van der Waals surface area contributed by atoms with Crippen LogP contribution in [0.1, 0.15) is 20.3 Å². The lowest BCUT2D eigenvalue weighted by molar-refractivity contribution is -0.114. The summed E-state index contributed by atoms with van der Waals surface area (Å²) < 4.78 is 10.9. The number of anilines is 2. The molecule has 0 heterocycles. The van der Waals surface area contributed by atoms with Crippen molar-refractivity contribution in [2.24, 2.45) is 5.92 Å². The quantitative estimate of drug-likeness (QED) is 0.718. The molecule has 0 bridgehead atoms. The van der Waals surface area contributed by atoms with Gasteiger partial charge in [0, 0.05) is 23.5 Å². The second-order valence-electron chi connectivity index (χ2n) is 6.19. The van der Waals surface area contributed by atoms with E-state index in [0.717, 1.165) is 29.3 Å². The van der Waals surface area contributed by atoms with Crippen molar-refractivity contribution in [2.45, 2.75) is 20.3 Å². The molecule has 25 heavy (non-hydrogen) atoms. The lowest BCUT2D eigenvalue weighted by Crippen LogP contribution is -2.21. The van der Waals surface area contributed by atoms with Gasteiger partial charge in [0.05, 0.1) is 20.3 Å². The van der Waals surface area contributed by atoms with Crippen LogP contribution in [0, 0.1) is 5.92 Å². The number of rotatable bonds is 9. The molecule has 0 aliphatic heterocycles. The van der Waals surface area contributed by atoms with Gasteiger partial charge in [-0.05, 0) is 36.6 Å². The number of hydrogen-bond donors (Lipinski definition) is 2. The average Bonchev–Trinajstić information content (AvgIpc) is 2.60. The summed E-state index contributed by atoms with van der Waals surface area (Å²) in [5.74, 6) is 1.99. The summed E-state index contributed by atoms with van der Waals surface area (Å²) in [7, 11) is 1.61. The van der Waals surface area contributed by atoms with Crippen LogP contribution >= 0.6 is 0 Å². The van der Waals surface area contributed by atoms with Crippen LogP contribution in [0.25, 0.3) is 0 Å². The Morgan fingerprint density at radius 1 is 1.04 bits per heavy atom. The standard InChI is InChI=1S/C20H26N2O3/c1-15(2)10-11-25-19-9-5-7-17(13-19)22-20(23)14-21-16-6-4-8-18(12-16)24-3/h4-9,12-13,15,21H,10-11,14H2,1-3H3,(H,22,23). The zero-order valence-corrected chi connectivity index (χ0v) is 15.0. The maximum atomic E-state index is 12.1. The van der Waals surface area contributed by atoms with Gasteiger partial charge in [0.25, 0.3) is 0 Å². The Hall–Kier alpha value is -2.69. The van der Waals surface area contributed by atoms with Crippen molar-refractivity contribution in [3.8, 4) is 11.5 Å². The first kappa shape index (κ1) is 18.6. The first-order valence-corrected chi connectivity index (χ1v) is 8.47. The molecule has 0 aromatic heterocycles. The molecule has 2 aromatic carbocycles. The Morgan fingerprint density at radius 2 is 1.72 bits per heavy atom. The molecule has 0 unspecified atom stereocenters. The van der Waals surface area contributed by atoms with Gasteiger partial charge in [-0.2, -0.15) is 0 Å². The van der Waals surface area contributed by atoms with Crippen LogP contribution in [-0.4, -0.2) is 26.2 Å². The van der Waals surface area contributed by atoms with Crippen LogP contribution in [0.5, 0.6) is 11.5 Å². The number of carbonyl (C=O) groups is 1. The number of carbonyl (C=O) groups excluding carboxylic acids is 1. The van der Waals surface area contributed by atoms with E-state index in [-0.39, 0.29) is 12.5 Å². The van der Waals surface area contributed by atoms with Gasteiger partial charge in [0.15, 0.2) is 0 Å². The second-order valence-corrected chi connectivity index (χ2v) is 6.19. The first-order valence-electron chi connectivity index (χ1n) is 8.47. The van der Waals surface area contributed by atoms with Crippen LogP contribution in [-0.2, 0) is 4.79 Å². The minimum absolute atomic E-state index is 0.123. The van der Waals surface area contributed by atoms with Crippen LogP contribution < -0.4 is 20.1 Å². The van der Waals surface area contributed by atoms with Gasteiger partial charge in [0.2, 0.25) is 5.91 Å². The third kappa shape index (κ3) is 6.75. The molecule has 0 fully saturated rings. The van der Waals surface area contributed by atoms with E-state index in [9.17, 15) is 4.79 Å². The summed E-state index contributed by atoms with van der Waals surface area (Å²) in [4.78, 5) is 12.1. The van der Waals surface area contributed by atoms with Crippen molar-refractivity contribution in [1.82, 2.24) is 0 Å². The van der Waals surface area contributed by atoms with Crippen molar-refractivity contribution in [1.29, 1.82) is 0 Å². The highest BCUT2D eigenvalue weighted by atomic mass is 16.5. The number of benzene rings is 2. The highest BCUT2D eigenvalue weighted by molar-refractivity contribution is 5.93. The highest BCUT2D eigenvalue weighted by Gasteiger charge is 2.04. The Balaban J connectivity index is 1.83. The van der Waals surface area contributed by atoms with Crippen LogP contribution in [0.15, 0.2) is 48.5 Å². The number of hydrogen-bond acceptors (Lipinski definition) is 4. The third-order valence-corrected chi connectivity index (χ3v) is 3.60. The van der Waals surface area contributed by atoms with Crippen molar-refractivity contribution in [3.05, 3.63) is 48.5 Å². The molecule has 0 radical (unpaired) electrons. The number of ether oxygens (including phenoxy) is 2. The normalized spacial score (nSPS) is 10.4. The van der Waals surface area contributed by atoms with Crippen LogP contribution in [0.2, 0.25) is 0 Å². The molecule has 5 nitrogen and oxygen atoms in total. The lowest BCUT2D eigenvalue weighted by Gasteiger charge is -2.11. The Kier molecular flexibility index (Phi) is 7.14. The highest BCUT2D eigenvalue weighted by Crippen LogP contribution is 2.19. The van der Waals surface area contributed by atoms with Gasteiger partial charge in [-0.25, -0.2) is 0 Å². The fourth-order valence-corrected chi connectivity index (χ4v) is 2.20. The predicted octanol–water partition coefficient (Wildman–Crippen LogP) is 4.17. The molecule has 5 heteroatoms. The Morgan fingerprint density at radius 3 is 2.44 bits per heavy atom. The minimum Gasteiger partial charge on any atom is -0.497 e. The molecule has 2 rings (SSSR count). The van der Waals surface area contributed by atoms with E-state index < -0.39 is 0 Å². The summed E-state index contributed by atoms with van der Waals surface area (Å²) in [5, 5.41) is 5.95. The molecule has 2 N–H and O–H groups in total. The summed E-state index contributed by atoms with van der Waals surface area (Å²) in [6, 6.07) is 14.9. The zero-order valence-electron chi connectivity index (χ0n) is 15.0. The molecule has 0 aliphatic carbocycles. The van der Waals surface area contributed by atoms with Crippen LogP contribution in [0.4, 0.5) is 11.4 Å². The Labute approximate surface area is 149 Å². The summed E-state index contributed by atoms with van der Waals surface area (Å²) in [5.41, 5.74) is 1.56. The maximum absolute atomic E-state index is 12.1. The van der Waals surface area contributed by atoms with Crippen molar-refractivity contribution in [3.63, 3.8) is 0 Å². The lowest BCUT2D eigenvalue weighted by atomic mass is 10.1. The molecule has 0 saturated carbocycles. The summed E-state index contributed by atoms with van der Waals surface area (Å²) in [6.45, 7) is 5.17. The number of amides is 1. The van der Waals surface area contributed by atoms with Crippen LogP contribution in [0.3, 0.4) is 0 Å². The van der Waals surface area contributed by atoms with E-state index in [4.69, 9.17) is 9.47 Å². The van der Waals surface area contributed by atoms with Gasteiger partial charge in [-0.15, -0.1) is 0 Å². The molecular weight excluding hydrogens is 316 g/mol. The topological polar surface area (TPSA) is 59.6 Å². The zero-order chi connectivity index (χ0) is 18.1. The average molecular weight is 342 g/mol. The Bertz CT molecular complexity index is 686. The van der Waals surface area contributed by atoms with E-state index in [2.05, 4.69) is 24.5 Å². The van der Waals surface area contributed by atoms with Gasteiger partial charge in [-0.1, -0.05) is 26.0 Å². The smallest absolute Gasteiger partial charge is 0.243 e. The SMILES string of the molecule is COc1cccc(NCC(=O)Nc2cccc(OCCC(C)C)c2)c1. The molecule has 0 saturated heterocycles. The maximum Gasteiger partial charge on any atom is 0.243 e. The minimum atomic E-state index is -0.123. The van der Waals surface area contributed by atoms with E-state index >= 15 is 0 Å². The molecule has 0 spiro atoms.